The van der Waals surface area contributed by atoms with Gasteiger partial charge in [-0.2, -0.15) is 0 Å². The minimum Gasteiger partial charge on any atom is -0.382 e. The molecule has 1 aromatic carbocycles. The summed E-state index contributed by atoms with van der Waals surface area (Å²) in [5.74, 6) is 0. The molecule has 3 nitrogen and oxygen atoms in total. The summed E-state index contributed by atoms with van der Waals surface area (Å²) < 4.78 is 12.1. The molecular weight excluding hydrogens is 262 g/mol. The maximum absolute atomic E-state index is 5.93. The van der Waals surface area contributed by atoms with Gasteiger partial charge in [-0.15, -0.1) is 0 Å². The Morgan fingerprint density at radius 3 is 2.05 bits per heavy atom. The third kappa shape index (κ3) is 4.53. The Hall–Kier alpha value is -0.900. The molecule has 0 aliphatic carbocycles. The van der Waals surface area contributed by atoms with Gasteiger partial charge in [0.25, 0.3) is 0 Å². The van der Waals surface area contributed by atoms with Crippen molar-refractivity contribution in [2.75, 3.05) is 35.4 Å². The molecule has 1 aromatic rings. The average Bonchev–Trinajstić information content (AvgIpc) is 2.48. The fourth-order valence-electron chi connectivity index (χ4n) is 2.66. The predicted octanol–water partition coefficient (Wildman–Crippen LogP) is 3.95. The van der Waals surface area contributed by atoms with Crippen LogP contribution >= 0.6 is 0 Å². The number of methoxy groups -OCH3 is 2. The second kappa shape index (κ2) is 7.39. The highest BCUT2D eigenvalue weighted by molar-refractivity contribution is 5.44. The van der Waals surface area contributed by atoms with E-state index in [-0.39, 0.29) is 11.7 Å². The second-order valence-corrected chi connectivity index (χ2v) is 6.70. The summed E-state index contributed by atoms with van der Waals surface area (Å²) in [7, 11) is 10.1. The zero-order valence-electron chi connectivity index (χ0n) is 14.8. The number of rotatable bonds is 8. The van der Waals surface area contributed by atoms with Crippen LogP contribution in [0.15, 0.2) is 24.3 Å². The van der Waals surface area contributed by atoms with E-state index in [0.717, 1.165) is 23.7 Å². The van der Waals surface area contributed by atoms with E-state index in [0.29, 0.717) is 0 Å². The van der Waals surface area contributed by atoms with Gasteiger partial charge in [0.1, 0.15) is 5.69 Å². The van der Waals surface area contributed by atoms with Crippen molar-refractivity contribution in [2.24, 2.45) is 0 Å². The Balaban J connectivity index is 2.99. The molecule has 0 radical (unpaired) electrons. The van der Waals surface area contributed by atoms with Gasteiger partial charge >= 0.3 is 0 Å². The van der Waals surface area contributed by atoms with E-state index in [4.69, 9.17) is 9.47 Å². The van der Waals surface area contributed by atoms with Crippen LogP contribution in [0.1, 0.15) is 38.7 Å². The number of hydrogen-bond donors (Lipinski definition) is 0. The Kier molecular flexibility index (Phi) is 6.39. The van der Waals surface area contributed by atoms with E-state index < -0.39 is 0 Å². The summed E-state index contributed by atoms with van der Waals surface area (Å²) >= 11 is 0. The number of benzene rings is 1. The Labute approximate surface area is 130 Å². The molecule has 3 heteroatoms. The maximum Gasteiger partial charge on any atom is 0.132 e. The van der Waals surface area contributed by atoms with E-state index in [1.165, 1.54) is 11.3 Å². The van der Waals surface area contributed by atoms with Gasteiger partial charge in [-0.25, -0.2) is 0 Å². The van der Waals surface area contributed by atoms with Gasteiger partial charge in [0.05, 0.1) is 32.8 Å². The van der Waals surface area contributed by atoms with Gasteiger partial charge in [-0.1, -0.05) is 19.1 Å². The summed E-state index contributed by atoms with van der Waals surface area (Å²) in [6, 6.07) is 8.84. The van der Waals surface area contributed by atoms with Gasteiger partial charge in [-0.05, 0) is 43.9 Å². The molecule has 0 aliphatic heterocycles. The molecule has 0 amide bonds. The van der Waals surface area contributed by atoms with Crippen LogP contribution in [-0.4, -0.2) is 41.5 Å². The third-order valence-electron chi connectivity index (χ3n) is 4.49. The highest BCUT2D eigenvalue weighted by atomic mass is 16.5. The fourth-order valence-corrected chi connectivity index (χ4v) is 2.66. The van der Waals surface area contributed by atoms with Gasteiger partial charge < -0.3 is 9.47 Å². The molecular formula is C18H32NO2+. The molecule has 0 aromatic heterocycles. The van der Waals surface area contributed by atoms with Crippen LogP contribution in [-0.2, 0) is 15.1 Å². The van der Waals surface area contributed by atoms with Crippen LogP contribution in [0.3, 0.4) is 0 Å². The summed E-state index contributed by atoms with van der Waals surface area (Å²) in [6.45, 7) is 4.30. The smallest absolute Gasteiger partial charge is 0.132 e. The van der Waals surface area contributed by atoms with Gasteiger partial charge in [-0.3, -0.25) is 4.48 Å². The monoisotopic (exact) mass is 294 g/mol. The van der Waals surface area contributed by atoms with Crippen molar-refractivity contribution in [3.05, 3.63) is 29.8 Å². The molecule has 2 atom stereocenters. The normalized spacial score (nSPS) is 16.5. The Morgan fingerprint density at radius 2 is 1.67 bits per heavy atom. The molecule has 0 saturated heterocycles. The lowest BCUT2D eigenvalue weighted by molar-refractivity contribution is -0.0372. The first-order valence-electron chi connectivity index (χ1n) is 7.79. The molecule has 0 aliphatic rings. The van der Waals surface area contributed by atoms with Gasteiger partial charge in [0, 0.05) is 14.2 Å². The molecule has 0 N–H and O–H groups in total. The average molecular weight is 294 g/mol. The van der Waals surface area contributed by atoms with Crippen LogP contribution in [0.4, 0.5) is 5.69 Å². The SMILES string of the molecule is CCC(CCC(C)OC)(OC)c1ccc([N+](C)(C)C)cc1. The minimum atomic E-state index is -0.212. The van der Waals surface area contributed by atoms with Crippen LogP contribution < -0.4 is 4.48 Å². The lowest BCUT2D eigenvalue weighted by Gasteiger charge is -2.33. The maximum atomic E-state index is 5.93. The predicted molar refractivity (Wildman–Crippen MR) is 90.7 cm³/mol. The molecule has 0 spiro atoms. The van der Waals surface area contributed by atoms with E-state index in [1.54, 1.807) is 7.11 Å². The highest BCUT2D eigenvalue weighted by Crippen LogP contribution is 2.35. The lowest BCUT2D eigenvalue weighted by Crippen LogP contribution is -2.35. The van der Waals surface area contributed by atoms with E-state index in [9.17, 15) is 0 Å². The zero-order valence-corrected chi connectivity index (χ0v) is 14.8. The first-order valence-corrected chi connectivity index (χ1v) is 7.79. The molecule has 0 saturated carbocycles. The number of quaternary nitrogens is 1. The number of hydrogen-bond acceptors (Lipinski definition) is 2. The van der Waals surface area contributed by atoms with Crippen molar-refractivity contribution in [1.82, 2.24) is 4.48 Å². The van der Waals surface area contributed by atoms with Crippen molar-refractivity contribution < 1.29 is 9.47 Å². The van der Waals surface area contributed by atoms with Crippen molar-refractivity contribution >= 4 is 5.69 Å². The first-order chi connectivity index (χ1) is 9.79. The quantitative estimate of drug-likeness (QED) is 0.676. The zero-order chi connectivity index (χ0) is 16.1. The summed E-state index contributed by atoms with van der Waals surface area (Å²) in [6.07, 6.45) is 3.19. The molecule has 0 fully saturated rings. The van der Waals surface area contributed by atoms with Gasteiger partial charge in [0.2, 0.25) is 0 Å². The van der Waals surface area contributed by atoms with Crippen LogP contribution in [0.2, 0.25) is 0 Å². The Bertz CT molecular complexity index is 416. The van der Waals surface area contributed by atoms with Crippen molar-refractivity contribution in [3.8, 4) is 0 Å². The van der Waals surface area contributed by atoms with E-state index >= 15 is 0 Å². The summed E-state index contributed by atoms with van der Waals surface area (Å²) in [5.41, 5.74) is 2.34. The highest BCUT2D eigenvalue weighted by Gasteiger charge is 2.30. The number of nitrogens with zero attached hydrogens (tertiary/aromatic N) is 1. The van der Waals surface area contributed by atoms with Crippen LogP contribution in [0.25, 0.3) is 0 Å². The second-order valence-electron chi connectivity index (χ2n) is 6.70. The Morgan fingerprint density at radius 1 is 1.10 bits per heavy atom. The summed E-state index contributed by atoms with van der Waals surface area (Å²) in [5, 5.41) is 0. The molecule has 0 heterocycles. The third-order valence-corrected chi connectivity index (χ3v) is 4.49. The molecule has 2 unspecified atom stereocenters. The van der Waals surface area contributed by atoms with Crippen molar-refractivity contribution in [3.63, 3.8) is 0 Å². The molecule has 1 rings (SSSR count). The van der Waals surface area contributed by atoms with Crippen LogP contribution in [0, 0.1) is 0 Å². The molecule has 0 bridgehead atoms. The van der Waals surface area contributed by atoms with Crippen molar-refractivity contribution in [2.45, 2.75) is 44.8 Å². The molecule has 21 heavy (non-hydrogen) atoms. The largest absolute Gasteiger partial charge is 0.382 e. The molecule has 120 valence electrons. The standard InChI is InChI=1S/C18H32NO2/c1-8-18(21-7,14-13-15(2)20-6)16-9-11-17(12-10-16)19(3,4)5/h9-12,15H,8,13-14H2,1-7H3/q+1. The fraction of sp³-hybridized carbons (Fsp3) is 0.667. The topological polar surface area (TPSA) is 18.5 Å². The van der Waals surface area contributed by atoms with Crippen LogP contribution in [0.5, 0.6) is 0 Å². The summed E-state index contributed by atoms with van der Waals surface area (Å²) in [4.78, 5) is 0. The minimum absolute atomic E-state index is 0.212. The van der Waals surface area contributed by atoms with Gasteiger partial charge in [0.15, 0.2) is 0 Å². The first kappa shape index (κ1) is 18.1. The van der Waals surface area contributed by atoms with E-state index in [1.807, 2.05) is 7.11 Å². The lowest BCUT2D eigenvalue weighted by atomic mass is 9.85. The number of ether oxygens (including phenoxy) is 2. The van der Waals surface area contributed by atoms with E-state index in [2.05, 4.69) is 59.3 Å². The van der Waals surface area contributed by atoms with Crippen molar-refractivity contribution in [1.29, 1.82) is 0 Å².